The molecule has 17 heavy (non-hydrogen) atoms. The second-order valence-electron chi connectivity index (χ2n) is 5.57. The Morgan fingerprint density at radius 2 is 2.12 bits per heavy atom. The Bertz CT molecular complexity index is 228. The second-order valence-corrected chi connectivity index (χ2v) is 5.57. The molecular formula is C14H28N2O. The van der Waals surface area contributed by atoms with Crippen LogP contribution in [0.3, 0.4) is 0 Å². The summed E-state index contributed by atoms with van der Waals surface area (Å²) >= 11 is 0. The third kappa shape index (κ3) is 5.07. The second kappa shape index (κ2) is 7.70. The Morgan fingerprint density at radius 3 is 2.76 bits per heavy atom. The van der Waals surface area contributed by atoms with Crippen molar-refractivity contribution in [2.45, 2.75) is 58.4 Å². The Kier molecular flexibility index (Phi) is 6.56. The molecule has 0 aromatic heterocycles. The SMILES string of the molecule is CNCCC(=O)N1CCCCCC1CC(C)C. The molecule has 1 N–H and O–H groups in total. The Hall–Kier alpha value is -0.570. The van der Waals surface area contributed by atoms with E-state index >= 15 is 0 Å². The topological polar surface area (TPSA) is 32.3 Å². The van der Waals surface area contributed by atoms with Crippen molar-refractivity contribution >= 4 is 5.91 Å². The van der Waals surface area contributed by atoms with E-state index in [9.17, 15) is 4.79 Å². The summed E-state index contributed by atoms with van der Waals surface area (Å²) in [6.07, 6.45) is 6.75. The summed E-state index contributed by atoms with van der Waals surface area (Å²) in [4.78, 5) is 14.3. The van der Waals surface area contributed by atoms with Gasteiger partial charge in [-0.15, -0.1) is 0 Å². The predicted octanol–water partition coefficient (Wildman–Crippen LogP) is 2.41. The fourth-order valence-corrected chi connectivity index (χ4v) is 2.67. The van der Waals surface area contributed by atoms with E-state index in [0.717, 1.165) is 19.5 Å². The first-order valence-corrected chi connectivity index (χ1v) is 7.09. The van der Waals surface area contributed by atoms with E-state index in [-0.39, 0.29) is 0 Å². The van der Waals surface area contributed by atoms with Gasteiger partial charge in [0.2, 0.25) is 5.91 Å². The number of rotatable bonds is 5. The van der Waals surface area contributed by atoms with E-state index in [0.29, 0.717) is 24.3 Å². The van der Waals surface area contributed by atoms with Crippen LogP contribution in [0.15, 0.2) is 0 Å². The van der Waals surface area contributed by atoms with E-state index in [2.05, 4.69) is 24.1 Å². The fraction of sp³-hybridized carbons (Fsp3) is 0.929. The van der Waals surface area contributed by atoms with Gasteiger partial charge in [0, 0.05) is 25.6 Å². The fourth-order valence-electron chi connectivity index (χ4n) is 2.67. The van der Waals surface area contributed by atoms with Crippen molar-refractivity contribution in [1.29, 1.82) is 0 Å². The van der Waals surface area contributed by atoms with E-state index in [4.69, 9.17) is 0 Å². The lowest BCUT2D eigenvalue weighted by molar-refractivity contribution is -0.133. The molecule has 1 aliphatic rings. The maximum atomic E-state index is 12.2. The summed E-state index contributed by atoms with van der Waals surface area (Å²) in [6.45, 7) is 6.27. The highest BCUT2D eigenvalue weighted by atomic mass is 16.2. The van der Waals surface area contributed by atoms with Crippen molar-refractivity contribution < 1.29 is 4.79 Å². The number of nitrogens with zero attached hydrogens (tertiary/aromatic N) is 1. The van der Waals surface area contributed by atoms with Crippen LogP contribution in [0.2, 0.25) is 0 Å². The molecule has 3 nitrogen and oxygen atoms in total. The van der Waals surface area contributed by atoms with Crippen molar-refractivity contribution in [2.75, 3.05) is 20.1 Å². The zero-order valence-corrected chi connectivity index (χ0v) is 11.7. The molecular weight excluding hydrogens is 212 g/mol. The lowest BCUT2D eigenvalue weighted by atomic mass is 9.98. The van der Waals surface area contributed by atoms with Gasteiger partial charge in [0.05, 0.1) is 0 Å². The number of likely N-dealkylation sites (tertiary alicyclic amines) is 1. The molecule has 1 aliphatic heterocycles. The first-order valence-electron chi connectivity index (χ1n) is 7.09. The Labute approximate surface area is 106 Å². The number of carbonyl (C=O) groups is 1. The van der Waals surface area contributed by atoms with E-state index in [1.165, 1.54) is 25.7 Å². The molecule has 100 valence electrons. The molecule has 0 aromatic carbocycles. The highest BCUT2D eigenvalue weighted by Crippen LogP contribution is 2.22. The highest BCUT2D eigenvalue weighted by molar-refractivity contribution is 5.76. The molecule has 1 rings (SSSR count). The first kappa shape index (κ1) is 14.5. The maximum absolute atomic E-state index is 12.2. The maximum Gasteiger partial charge on any atom is 0.224 e. The molecule has 0 aromatic rings. The minimum atomic E-state index is 0.340. The lowest BCUT2D eigenvalue weighted by Gasteiger charge is -2.31. The largest absolute Gasteiger partial charge is 0.340 e. The average Bonchev–Trinajstić information content (AvgIpc) is 2.50. The van der Waals surface area contributed by atoms with Crippen LogP contribution in [0.4, 0.5) is 0 Å². The lowest BCUT2D eigenvalue weighted by Crippen LogP contribution is -2.41. The Balaban J connectivity index is 2.57. The van der Waals surface area contributed by atoms with Crippen LogP contribution < -0.4 is 5.32 Å². The molecule has 1 saturated heterocycles. The van der Waals surface area contributed by atoms with E-state index in [1.807, 2.05) is 7.05 Å². The normalized spacial score (nSPS) is 21.6. The summed E-state index contributed by atoms with van der Waals surface area (Å²) < 4.78 is 0. The van der Waals surface area contributed by atoms with Crippen LogP contribution in [0.1, 0.15) is 52.4 Å². The molecule has 1 amide bonds. The summed E-state index contributed by atoms with van der Waals surface area (Å²) in [5.74, 6) is 1.02. The molecule has 0 spiro atoms. The van der Waals surface area contributed by atoms with Crippen LogP contribution in [-0.4, -0.2) is 37.0 Å². The van der Waals surface area contributed by atoms with Crippen molar-refractivity contribution in [3.63, 3.8) is 0 Å². The summed E-state index contributed by atoms with van der Waals surface area (Å²) in [7, 11) is 1.90. The van der Waals surface area contributed by atoms with Gasteiger partial charge in [0.25, 0.3) is 0 Å². The van der Waals surface area contributed by atoms with Crippen LogP contribution in [0, 0.1) is 5.92 Å². The Morgan fingerprint density at radius 1 is 1.35 bits per heavy atom. The highest BCUT2D eigenvalue weighted by Gasteiger charge is 2.25. The number of nitrogens with one attached hydrogen (secondary N) is 1. The van der Waals surface area contributed by atoms with Gasteiger partial charge in [-0.1, -0.05) is 26.7 Å². The monoisotopic (exact) mass is 240 g/mol. The zero-order chi connectivity index (χ0) is 12.7. The van der Waals surface area contributed by atoms with Crippen LogP contribution >= 0.6 is 0 Å². The number of carbonyl (C=O) groups excluding carboxylic acids is 1. The van der Waals surface area contributed by atoms with Crippen molar-refractivity contribution in [3.05, 3.63) is 0 Å². The smallest absolute Gasteiger partial charge is 0.224 e. The van der Waals surface area contributed by atoms with Gasteiger partial charge < -0.3 is 10.2 Å². The molecule has 1 heterocycles. The molecule has 1 fully saturated rings. The van der Waals surface area contributed by atoms with Crippen LogP contribution in [0.25, 0.3) is 0 Å². The molecule has 0 aliphatic carbocycles. The third-order valence-electron chi connectivity index (χ3n) is 3.53. The van der Waals surface area contributed by atoms with Gasteiger partial charge in [0.1, 0.15) is 0 Å². The molecule has 0 saturated carbocycles. The summed E-state index contributed by atoms with van der Waals surface area (Å²) in [5, 5.41) is 3.06. The van der Waals surface area contributed by atoms with Crippen LogP contribution in [0.5, 0.6) is 0 Å². The van der Waals surface area contributed by atoms with Crippen molar-refractivity contribution in [3.8, 4) is 0 Å². The van der Waals surface area contributed by atoms with Gasteiger partial charge in [-0.2, -0.15) is 0 Å². The van der Waals surface area contributed by atoms with Gasteiger partial charge >= 0.3 is 0 Å². The number of amides is 1. The van der Waals surface area contributed by atoms with Gasteiger partial charge in [-0.3, -0.25) is 4.79 Å². The van der Waals surface area contributed by atoms with E-state index in [1.54, 1.807) is 0 Å². The van der Waals surface area contributed by atoms with E-state index < -0.39 is 0 Å². The van der Waals surface area contributed by atoms with Gasteiger partial charge in [-0.25, -0.2) is 0 Å². The standard InChI is InChI=1S/C14H28N2O/c1-12(2)11-13-7-5-4-6-10-16(13)14(17)8-9-15-3/h12-13,15H,4-11H2,1-3H3. The zero-order valence-electron chi connectivity index (χ0n) is 11.7. The predicted molar refractivity (Wildman–Crippen MR) is 72.0 cm³/mol. The number of hydrogen-bond donors (Lipinski definition) is 1. The molecule has 3 heteroatoms. The molecule has 1 atom stereocenters. The minimum absolute atomic E-state index is 0.340. The molecule has 0 radical (unpaired) electrons. The first-order chi connectivity index (χ1) is 8.15. The van der Waals surface area contributed by atoms with Gasteiger partial charge in [0.15, 0.2) is 0 Å². The van der Waals surface area contributed by atoms with Gasteiger partial charge in [-0.05, 0) is 32.2 Å². The molecule has 0 bridgehead atoms. The third-order valence-corrected chi connectivity index (χ3v) is 3.53. The average molecular weight is 240 g/mol. The van der Waals surface area contributed by atoms with Crippen molar-refractivity contribution in [2.24, 2.45) is 5.92 Å². The number of hydrogen-bond acceptors (Lipinski definition) is 2. The van der Waals surface area contributed by atoms with Crippen molar-refractivity contribution in [1.82, 2.24) is 10.2 Å². The minimum Gasteiger partial charge on any atom is -0.340 e. The van der Waals surface area contributed by atoms with Crippen LogP contribution in [-0.2, 0) is 4.79 Å². The quantitative estimate of drug-likeness (QED) is 0.800. The molecule has 1 unspecified atom stereocenters. The summed E-state index contributed by atoms with van der Waals surface area (Å²) in [6, 6.07) is 0.488. The summed E-state index contributed by atoms with van der Waals surface area (Å²) in [5.41, 5.74) is 0.